The first kappa shape index (κ1) is 33.7. The fourth-order valence-corrected chi connectivity index (χ4v) is 5.79. The van der Waals surface area contributed by atoms with E-state index in [4.69, 9.17) is 4.74 Å². The number of halogens is 2. The van der Waals surface area contributed by atoms with Crippen LogP contribution in [-0.4, -0.2) is 84.5 Å². The topological polar surface area (TPSA) is 118 Å². The Kier molecular flexibility index (Phi) is 9.51. The first-order chi connectivity index (χ1) is 21.0. The standard InChI is InChI=1S/C32H44F2N8O3/c1-11-36-32(9,19(4)41-13-12-22(16-26(41)43)40(10)30(44)45-31(6,7)8)39-29-35-17-24(34)27(38-29)21-14-23(33)28-25(15-21)42(18(2)3)20(5)37-28/h11,14-15,17-19,22H,12-13,16H2,1-10H3,(H,35,38,39)/t19?,22?,32-/m0/s1. The van der Waals surface area contributed by atoms with Gasteiger partial charge in [-0.25, -0.2) is 28.5 Å². The Balaban J connectivity index is 1.59. The average molecular weight is 627 g/mol. The molecule has 11 nitrogen and oxygen atoms in total. The van der Waals surface area contributed by atoms with Crippen LogP contribution in [0.3, 0.4) is 0 Å². The number of aryl methyl sites for hydroxylation is 1. The number of benzene rings is 1. The van der Waals surface area contributed by atoms with E-state index in [9.17, 15) is 9.59 Å². The van der Waals surface area contributed by atoms with Gasteiger partial charge in [-0.3, -0.25) is 9.79 Å². The number of imidazole rings is 1. The summed E-state index contributed by atoms with van der Waals surface area (Å²) in [6, 6.07) is 2.12. The van der Waals surface area contributed by atoms with E-state index in [-0.39, 0.29) is 47.1 Å². The van der Waals surface area contributed by atoms with Crippen molar-refractivity contribution in [3.63, 3.8) is 0 Å². The van der Waals surface area contributed by atoms with Gasteiger partial charge in [0.15, 0.2) is 11.6 Å². The number of fused-ring (bicyclic) bond motifs is 1. The van der Waals surface area contributed by atoms with Crippen LogP contribution >= 0.6 is 0 Å². The number of nitrogens with zero attached hydrogens (tertiary/aromatic N) is 7. The number of piperidine rings is 1. The monoisotopic (exact) mass is 626 g/mol. The summed E-state index contributed by atoms with van der Waals surface area (Å²) in [5, 5.41) is 3.20. The van der Waals surface area contributed by atoms with Gasteiger partial charge in [0.05, 0.1) is 17.8 Å². The van der Waals surface area contributed by atoms with Crippen molar-refractivity contribution in [2.45, 2.75) is 105 Å². The van der Waals surface area contributed by atoms with Crippen LogP contribution in [0, 0.1) is 18.6 Å². The molecule has 1 N–H and O–H groups in total. The number of likely N-dealkylation sites (tertiary alicyclic amines) is 1. The highest BCUT2D eigenvalue weighted by Crippen LogP contribution is 2.32. The molecule has 3 heterocycles. The van der Waals surface area contributed by atoms with E-state index in [0.29, 0.717) is 24.3 Å². The lowest BCUT2D eigenvalue weighted by Crippen LogP contribution is -2.59. The van der Waals surface area contributed by atoms with Gasteiger partial charge in [-0.05, 0) is 87.1 Å². The lowest BCUT2D eigenvalue weighted by molar-refractivity contribution is -0.138. The maximum absolute atomic E-state index is 15.2. The summed E-state index contributed by atoms with van der Waals surface area (Å²) < 4.78 is 37.7. The third-order valence-electron chi connectivity index (χ3n) is 8.17. The molecule has 3 aromatic rings. The number of hydrogen-bond donors (Lipinski definition) is 1. The summed E-state index contributed by atoms with van der Waals surface area (Å²) in [5.74, 6) is -0.723. The van der Waals surface area contributed by atoms with Crippen LogP contribution in [0.15, 0.2) is 23.3 Å². The number of rotatable bonds is 8. The van der Waals surface area contributed by atoms with Crippen LogP contribution in [0.25, 0.3) is 22.3 Å². The van der Waals surface area contributed by atoms with Crippen LogP contribution < -0.4 is 5.32 Å². The van der Waals surface area contributed by atoms with Gasteiger partial charge >= 0.3 is 6.09 Å². The molecule has 0 spiro atoms. The highest BCUT2D eigenvalue weighted by Gasteiger charge is 2.41. The highest BCUT2D eigenvalue weighted by atomic mass is 19.1. The first-order valence-corrected chi connectivity index (χ1v) is 15.2. The molecular formula is C32H44F2N8O3. The molecule has 2 aromatic heterocycles. The number of aliphatic imine (C=N–C) groups is 1. The minimum absolute atomic E-state index is 0.0108. The van der Waals surface area contributed by atoms with Crippen LogP contribution in [0.2, 0.25) is 0 Å². The van der Waals surface area contributed by atoms with Crippen LogP contribution in [0.1, 0.15) is 80.1 Å². The zero-order valence-electron chi connectivity index (χ0n) is 27.8. The largest absolute Gasteiger partial charge is 0.444 e. The third kappa shape index (κ3) is 7.07. The number of amides is 2. The molecular weight excluding hydrogens is 582 g/mol. The van der Waals surface area contributed by atoms with E-state index in [1.807, 2.05) is 25.3 Å². The minimum Gasteiger partial charge on any atom is -0.444 e. The predicted molar refractivity (Wildman–Crippen MR) is 170 cm³/mol. The van der Waals surface area contributed by atoms with Gasteiger partial charge < -0.3 is 24.4 Å². The molecule has 2 unspecified atom stereocenters. The maximum atomic E-state index is 15.2. The fourth-order valence-electron chi connectivity index (χ4n) is 5.79. The Morgan fingerprint density at radius 1 is 1.18 bits per heavy atom. The molecule has 13 heteroatoms. The molecule has 1 aromatic carbocycles. The Bertz CT molecular complexity index is 1620. The summed E-state index contributed by atoms with van der Waals surface area (Å²) in [4.78, 5) is 46.8. The number of aromatic nitrogens is 4. The molecule has 2 amide bonds. The minimum atomic E-state index is -1.11. The van der Waals surface area contributed by atoms with E-state index in [0.717, 1.165) is 6.20 Å². The van der Waals surface area contributed by atoms with E-state index in [2.05, 4.69) is 25.3 Å². The van der Waals surface area contributed by atoms with Gasteiger partial charge in [0.1, 0.15) is 28.3 Å². The van der Waals surface area contributed by atoms with E-state index in [1.54, 1.807) is 65.8 Å². The zero-order valence-corrected chi connectivity index (χ0v) is 27.8. The molecule has 1 aliphatic rings. The number of ether oxygens (including phenoxy) is 1. The van der Waals surface area contributed by atoms with Gasteiger partial charge in [0, 0.05) is 37.7 Å². The van der Waals surface area contributed by atoms with Crippen LogP contribution in [0.4, 0.5) is 19.5 Å². The van der Waals surface area contributed by atoms with E-state index >= 15 is 8.78 Å². The summed E-state index contributed by atoms with van der Waals surface area (Å²) in [7, 11) is 1.64. The van der Waals surface area contributed by atoms with Gasteiger partial charge in [0.25, 0.3) is 0 Å². The molecule has 0 radical (unpaired) electrons. The second-order valence-electron chi connectivity index (χ2n) is 13.0. The molecule has 3 atom stereocenters. The molecule has 0 saturated carbocycles. The number of carbonyl (C=O) groups is 2. The molecule has 1 fully saturated rings. The summed E-state index contributed by atoms with van der Waals surface area (Å²) in [6.07, 6.45) is 2.84. The van der Waals surface area contributed by atoms with Crippen molar-refractivity contribution < 1.29 is 23.1 Å². The third-order valence-corrected chi connectivity index (χ3v) is 8.17. The molecule has 1 aliphatic heterocycles. The number of anilines is 1. The average Bonchev–Trinajstić information content (AvgIpc) is 3.29. The van der Waals surface area contributed by atoms with Crippen molar-refractivity contribution >= 4 is 35.2 Å². The fraction of sp³-hybridized carbons (Fsp3) is 0.562. The lowest BCUT2D eigenvalue weighted by Gasteiger charge is -2.44. The van der Waals surface area contributed by atoms with Crippen molar-refractivity contribution in [3.8, 4) is 11.3 Å². The number of nitrogens with one attached hydrogen (secondary N) is 1. The Labute approximate surface area is 263 Å². The van der Waals surface area contributed by atoms with Crippen molar-refractivity contribution in [2.24, 2.45) is 4.99 Å². The highest BCUT2D eigenvalue weighted by molar-refractivity contribution is 5.83. The smallest absolute Gasteiger partial charge is 0.410 e. The van der Waals surface area contributed by atoms with Gasteiger partial charge in [-0.2, -0.15) is 0 Å². The summed E-state index contributed by atoms with van der Waals surface area (Å²) in [5.41, 5.74) is -0.841. The number of carbonyl (C=O) groups excluding carboxylic acids is 2. The van der Waals surface area contributed by atoms with Gasteiger partial charge in [-0.1, -0.05) is 0 Å². The Morgan fingerprint density at radius 3 is 2.47 bits per heavy atom. The predicted octanol–water partition coefficient (Wildman–Crippen LogP) is 6.13. The van der Waals surface area contributed by atoms with E-state index in [1.165, 1.54) is 11.0 Å². The van der Waals surface area contributed by atoms with Crippen molar-refractivity contribution in [2.75, 3.05) is 18.9 Å². The molecule has 244 valence electrons. The Morgan fingerprint density at radius 2 is 1.87 bits per heavy atom. The van der Waals surface area contributed by atoms with Crippen LogP contribution in [-0.2, 0) is 9.53 Å². The second kappa shape index (κ2) is 12.7. The normalized spacial score (nSPS) is 18.0. The molecule has 0 aliphatic carbocycles. The van der Waals surface area contributed by atoms with Gasteiger partial charge in [0.2, 0.25) is 11.9 Å². The molecule has 45 heavy (non-hydrogen) atoms. The van der Waals surface area contributed by atoms with Crippen molar-refractivity contribution in [1.82, 2.24) is 29.3 Å². The maximum Gasteiger partial charge on any atom is 0.410 e. The number of hydrogen-bond acceptors (Lipinski definition) is 8. The van der Waals surface area contributed by atoms with Crippen molar-refractivity contribution in [3.05, 3.63) is 35.8 Å². The van der Waals surface area contributed by atoms with Gasteiger partial charge in [-0.15, -0.1) is 0 Å². The molecule has 4 rings (SSSR count). The lowest BCUT2D eigenvalue weighted by atomic mass is 9.96. The molecule has 0 bridgehead atoms. The van der Waals surface area contributed by atoms with Crippen molar-refractivity contribution in [1.29, 1.82) is 0 Å². The van der Waals surface area contributed by atoms with E-state index < -0.39 is 35.0 Å². The van der Waals surface area contributed by atoms with Crippen LogP contribution in [0.5, 0.6) is 0 Å². The molecule has 1 saturated heterocycles. The Hall–Kier alpha value is -4.16. The summed E-state index contributed by atoms with van der Waals surface area (Å²) in [6.45, 7) is 16.9. The first-order valence-electron chi connectivity index (χ1n) is 15.2. The second-order valence-corrected chi connectivity index (χ2v) is 13.0. The quantitative estimate of drug-likeness (QED) is 0.299. The zero-order chi connectivity index (χ0) is 33.4. The SMILES string of the molecule is CC=N[C@@](C)(Nc1ncc(F)c(-c2cc(F)c3nc(C)n(C(C)C)c3c2)n1)C(C)N1CCC(N(C)C(=O)OC(C)(C)C)CC1=O. The summed E-state index contributed by atoms with van der Waals surface area (Å²) >= 11 is 0.